The molecular formula is C16H16O4. The number of ether oxygens (including phenoxy) is 2. The zero-order chi connectivity index (χ0) is 14.4. The van der Waals surface area contributed by atoms with Crippen LogP contribution in [0.4, 0.5) is 0 Å². The molecule has 0 fully saturated rings. The third kappa shape index (κ3) is 3.36. The molecule has 0 aliphatic carbocycles. The predicted molar refractivity (Wildman–Crippen MR) is 75.1 cm³/mol. The van der Waals surface area contributed by atoms with E-state index in [4.69, 9.17) is 14.6 Å². The van der Waals surface area contributed by atoms with Crippen LogP contribution in [-0.4, -0.2) is 18.5 Å². The molecule has 2 aromatic carbocycles. The van der Waals surface area contributed by atoms with E-state index in [1.807, 2.05) is 0 Å². The fourth-order valence-electron chi connectivity index (χ4n) is 1.84. The van der Waals surface area contributed by atoms with Gasteiger partial charge in [-0.2, -0.15) is 0 Å². The van der Waals surface area contributed by atoms with Crippen molar-refractivity contribution in [3.8, 4) is 11.5 Å². The summed E-state index contributed by atoms with van der Waals surface area (Å²) in [5.74, 6) is 1.38. The lowest BCUT2D eigenvalue weighted by Crippen LogP contribution is -2.00. The Bertz CT molecular complexity index is 576. The number of benzene rings is 2. The first-order valence-electron chi connectivity index (χ1n) is 6.21. The van der Waals surface area contributed by atoms with E-state index in [2.05, 4.69) is 0 Å². The highest BCUT2D eigenvalue weighted by Gasteiger charge is 2.05. The van der Waals surface area contributed by atoms with Gasteiger partial charge >= 0.3 is 0 Å². The van der Waals surface area contributed by atoms with Gasteiger partial charge in [0.15, 0.2) is 0 Å². The van der Waals surface area contributed by atoms with Crippen molar-refractivity contribution >= 4 is 6.29 Å². The van der Waals surface area contributed by atoms with Gasteiger partial charge in [-0.25, -0.2) is 0 Å². The molecule has 4 heteroatoms. The Morgan fingerprint density at radius 3 is 2.50 bits per heavy atom. The molecule has 0 aliphatic rings. The molecule has 104 valence electrons. The van der Waals surface area contributed by atoms with Gasteiger partial charge in [-0.3, -0.25) is 4.79 Å². The molecule has 0 bridgehead atoms. The Kier molecular flexibility index (Phi) is 4.74. The standard InChI is InChI=1S/C16H16O4/c1-19-16-7-4-13(10-18)8-14(16)11-20-15-5-2-12(9-17)3-6-15/h2-8,10,17H,9,11H2,1H3. The molecule has 2 aromatic rings. The van der Waals surface area contributed by atoms with Crippen LogP contribution < -0.4 is 9.47 Å². The molecule has 0 aromatic heterocycles. The van der Waals surface area contributed by atoms with Crippen LogP contribution in [0.1, 0.15) is 21.5 Å². The van der Waals surface area contributed by atoms with Gasteiger partial charge in [0.1, 0.15) is 24.4 Å². The summed E-state index contributed by atoms with van der Waals surface area (Å²) in [5.41, 5.74) is 2.22. The summed E-state index contributed by atoms with van der Waals surface area (Å²) in [4.78, 5) is 10.8. The molecule has 0 amide bonds. The van der Waals surface area contributed by atoms with Crippen molar-refractivity contribution in [1.82, 2.24) is 0 Å². The van der Waals surface area contributed by atoms with Gasteiger partial charge in [0, 0.05) is 11.1 Å². The molecule has 1 N–H and O–H groups in total. The number of hydrogen-bond donors (Lipinski definition) is 1. The number of rotatable bonds is 6. The van der Waals surface area contributed by atoms with Crippen LogP contribution in [0.3, 0.4) is 0 Å². The van der Waals surface area contributed by atoms with Crippen molar-refractivity contribution < 1.29 is 19.4 Å². The third-order valence-electron chi connectivity index (χ3n) is 2.94. The van der Waals surface area contributed by atoms with Crippen molar-refractivity contribution in [2.24, 2.45) is 0 Å². The minimum atomic E-state index is 0.00941. The molecule has 0 unspecified atom stereocenters. The lowest BCUT2D eigenvalue weighted by atomic mass is 10.1. The summed E-state index contributed by atoms with van der Waals surface area (Å²) >= 11 is 0. The molecule has 4 nitrogen and oxygen atoms in total. The number of carbonyl (C=O) groups excluding carboxylic acids is 1. The van der Waals surface area contributed by atoms with Gasteiger partial charge in [-0.1, -0.05) is 12.1 Å². The summed E-state index contributed by atoms with van der Waals surface area (Å²) in [6.07, 6.45) is 0.791. The van der Waals surface area contributed by atoms with Crippen LogP contribution in [0, 0.1) is 0 Å². The zero-order valence-corrected chi connectivity index (χ0v) is 11.2. The second-order valence-corrected chi connectivity index (χ2v) is 4.28. The minimum absolute atomic E-state index is 0.00941. The van der Waals surface area contributed by atoms with E-state index in [0.717, 1.165) is 17.4 Å². The van der Waals surface area contributed by atoms with Crippen molar-refractivity contribution in [3.05, 3.63) is 59.2 Å². The van der Waals surface area contributed by atoms with Gasteiger partial charge < -0.3 is 14.6 Å². The number of aliphatic hydroxyl groups excluding tert-OH is 1. The molecule has 2 rings (SSSR count). The Balaban J connectivity index is 2.10. The molecule has 0 atom stereocenters. The van der Waals surface area contributed by atoms with Gasteiger partial charge in [-0.05, 0) is 35.9 Å². The lowest BCUT2D eigenvalue weighted by Gasteiger charge is -2.11. The highest BCUT2D eigenvalue weighted by molar-refractivity contribution is 5.75. The first-order valence-corrected chi connectivity index (χ1v) is 6.21. The molecule has 0 saturated carbocycles. The lowest BCUT2D eigenvalue weighted by molar-refractivity contribution is 0.112. The molecule has 0 aliphatic heterocycles. The van der Waals surface area contributed by atoms with E-state index >= 15 is 0 Å². The molecule has 0 heterocycles. The highest BCUT2D eigenvalue weighted by Crippen LogP contribution is 2.22. The van der Waals surface area contributed by atoms with E-state index in [0.29, 0.717) is 23.7 Å². The smallest absolute Gasteiger partial charge is 0.150 e. The number of hydrogen-bond acceptors (Lipinski definition) is 4. The molecule has 0 spiro atoms. The van der Waals surface area contributed by atoms with Crippen molar-refractivity contribution in [2.45, 2.75) is 13.2 Å². The molecule has 0 radical (unpaired) electrons. The Labute approximate surface area is 117 Å². The molecule has 0 saturated heterocycles. The summed E-state index contributed by atoms with van der Waals surface area (Å²) in [5, 5.41) is 8.97. The number of methoxy groups -OCH3 is 1. The maximum Gasteiger partial charge on any atom is 0.150 e. The fourth-order valence-corrected chi connectivity index (χ4v) is 1.84. The maximum absolute atomic E-state index is 10.8. The Morgan fingerprint density at radius 1 is 1.15 bits per heavy atom. The fraction of sp³-hybridized carbons (Fsp3) is 0.188. The number of carbonyl (C=O) groups is 1. The monoisotopic (exact) mass is 272 g/mol. The van der Waals surface area contributed by atoms with Crippen LogP contribution >= 0.6 is 0 Å². The van der Waals surface area contributed by atoms with Crippen LogP contribution in [-0.2, 0) is 13.2 Å². The summed E-state index contributed by atoms with van der Waals surface area (Å²) < 4.78 is 10.9. The van der Waals surface area contributed by atoms with Gasteiger partial charge in [0.05, 0.1) is 13.7 Å². The summed E-state index contributed by atoms with van der Waals surface area (Å²) in [6.45, 7) is 0.318. The highest BCUT2D eigenvalue weighted by atomic mass is 16.5. The van der Waals surface area contributed by atoms with Gasteiger partial charge in [0.25, 0.3) is 0 Å². The third-order valence-corrected chi connectivity index (χ3v) is 2.94. The van der Waals surface area contributed by atoms with Gasteiger partial charge in [0.2, 0.25) is 0 Å². The number of aldehydes is 1. The van der Waals surface area contributed by atoms with E-state index < -0.39 is 0 Å². The average Bonchev–Trinajstić information content (AvgIpc) is 2.53. The summed E-state index contributed by atoms with van der Waals surface area (Å²) in [7, 11) is 1.58. The molecular weight excluding hydrogens is 256 g/mol. The Hall–Kier alpha value is -2.33. The second-order valence-electron chi connectivity index (χ2n) is 4.28. The number of aliphatic hydroxyl groups is 1. The zero-order valence-electron chi connectivity index (χ0n) is 11.2. The topological polar surface area (TPSA) is 55.8 Å². The normalized spacial score (nSPS) is 10.1. The van der Waals surface area contributed by atoms with Crippen LogP contribution in [0.25, 0.3) is 0 Å². The first-order chi connectivity index (χ1) is 9.76. The van der Waals surface area contributed by atoms with E-state index in [1.165, 1.54) is 0 Å². The summed E-state index contributed by atoms with van der Waals surface area (Å²) in [6, 6.07) is 12.4. The minimum Gasteiger partial charge on any atom is -0.496 e. The molecule has 20 heavy (non-hydrogen) atoms. The second kappa shape index (κ2) is 6.73. The first kappa shape index (κ1) is 14.1. The largest absolute Gasteiger partial charge is 0.496 e. The van der Waals surface area contributed by atoms with E-state index in [1.54, 1.807) is 49.6 Å². The van der Waals surface area contributed by atoms with Crippen LogP contribution in [0.2, 0.25) is 0 Å². The average molecular weight is 272 g/mol. The van der Waals surface area contributed by atoms with Gasteiger partial charge in [-0.15, -0.1) is 0 Å². The quantitative estimate of drug-likeness (QED) is 0.821. The SMILES string of the molecule is COc1ccc(C=O)cc1COc1ccc(CO)cc1. The van der Waals surface area contributed by atoms with Crippen molar-refractivity contribution in [2.75, 3.05) is 7.11 Å². The van der Waals surface area contributed by atoms with E-state index in [9.17, 15) is 4.79 Å². The van der Waals surface area contributed by atoms with Crippen LogP contribution in [0.15, 0.2) is 42.5 Å². The van der Waals surface area contributed by atoms with Crippen molar-refractivity contribution in [3.63, 3.8) is 0 Å². The maximum atomic E-state index is 10.8. The van der Waals surface area contributed by atoms with Crippen molar-refractivity contribution in [1.29, 1.82) is 0 Å². The Morgan fingerprint density at radius 2 is 1.90 bits per heavy atom. The van der Waals surface area contributed by atoms with Crippen LogP contribution in [0.5, 0.6) is 11.5 Å². The van der Waals surface area contributed by atoms with E-state index in [-0.39, 0.29) is 6.61 Å². The predicted octanol–water partition coefficient (Wildman–Crippen LogP) is 2.58.